The van der Waals surface area contributed by atoms with E-state index in [-0.39, 0.29) is 17.0 Å². The van der Waals surface area contributed by atoms with Gasteiger partial charge in [-0.2, -0.15) is 0 Å². The molecule has 0 saturated heterocycles. The van der Waals surface area contributed by atoms with Crippen LogP contribution in [0.3, 0.4) is 0 Å². The summed E-state index contributed by atoms with van der Waals surface area (Å²) in [6, 6.07) is 12.0. The number of ether oxygens (including phenoxy) is 1. The van der Waals surface area contributed by atoms with Gasteiger partial charge in [0.2, 0.25) is 0 Å². The Bertz CT molecular complexity index is 781. The van der Waals surface area contributed by atoms with Gasteiger partial charge in [0.1, 0.15) is 5.75 Å². The van der Waals surface area contributed by atoms with Gasteiger partial charge in [0, 0.05) is 17.2 Å². The van der Waals surface area contributed by atoms with Crippen LogP contribution in [0.15, 0.2) is 67.3 Å². The maximum absolute atomic E-state index is 12.3. The van der Waals surface area contributed by atoms with Crippen LogP contribution in [-0.2, 0) is 4.79 Å². The minimum atomic E-state index is -0.610. The van der Waals surface area contributed by atoms with E-state index in [2.05, 4.69) is 6.58 Å². The van der Waals surface area contributed by atoms with Crippen molar-refractivity contribution in [1.82, 2.24) is 0 Å². The van der Waals surface area contributed by atoms with E-state index in [1.54, 1.807) is 24.3 Å². The molecule has 0 bridgehead atoms. The quantitative estimate of drug-likeness (QED) is 0.203. The van der Waals surface area contributed by atoms with E-state index in [4.69, 9.17) is 16.3 Å². The molecule has 0 aromatic heterocycles. The van der Waals surface area contributed by atoms with E-state index >= 15 is 0 Å². The van der Waals surface area contributed by atoms with Crippen LogP contribution in [0, 0.1) is 10.1 Å². The van der Waals surface area contributed by atoms with Crippen molar-refractivity contribution in [2.24, 2.45) is 0 Å². The van der Waals surface area contributed by atoms with E-state index in [9.17, 15) is 14.9 Å². The third-order valence-electron chi connectivity index (χ3n) is 2.90. The standard InChI is InChI=1S/C17H12ClNO4/c1-2-4-16(12-5-3-6-13(18)11-12)17(20)23-15-9-7-14(8-10-15)19(21)22/h2-11H,1H2/b16-4+. The Labute approximate surface area is 137 Å². The topological polar surface area (TPSA) is 69.4 Å². The van der Waals surface area contributed by atoms with Gasteiger partial charge in [-0.05, 0) is 35.9 Å². The van der Waals surface area contributed by atoms with Gasteiger partial charge in [0.25, 0.3) is 5.69 Å². The van der Waals surface area contributed by atoms with Gasteiger partial charge in [-0.25, -0.2) is 4.79 Å². The third-order valence-corrected chi connectivity index (χ3v) is 3.13. The largest absolute Gasteiger partial charge is 0.423 e. The highest BCUT2D eigenvalue weighted by molar-refractivity contribution is 6.31. The SMILES string of the molecule is C=C/C=C(/C(=O)Oc1ccc([N+](=O)[O-])cc1)c1cccc(Cl)c1. The summed E-state index contributed by atoms with van der Waals surface area (Å²) in [7, 11) is 0. The first-order chi connectivity index (χ1) is 11.0. The number of hydrogen-bond acceptors (Lipinski definition) is 4. The fraction of sp³-hybridized carbons (Fsp3) is 0. The van der Waals surface area contributed by atoms with Crippen LogP contribution >= 0.6 is 11.6 Å². The van der Waals surface area contributed by atoms with Crippen LogP contribution in [0.1, 0.15) is 5.56 Å². The summed E-state index contributed by atoms with van der Waals surface area (Å²) >= 11 is 5.93. The van der Waals surface area contributed by atoms with Crippen LogP contribution in [0.25, 0.3) is 5.57 Å². The molecule has 0 fully saturated rings. The second kappa shape index (κ2) is 7.38. The van der Waals surface area contributed by atoms with Crippen LogP contribution in [0.2, 0.25) is 5.02 Å². The highest BCUT2D eigenvalue weighted by Crippen LogP contribution is 2.23. The first-order valence-electron chi connectivity index (χ1n) is 6.56. The summed E-state index contributed by atoms with van der Waals surface area (Å²) in [5.41, 5.74) is 0.784. The van der Waals surface area contributed by atoms with E-state index in [1.165, 1.54) is 36.4 Å². The van der Waals surface area contributed by atoms with E-state index in [0.717, 1.165) is 0 Å². The number of hydrogen-bond donors (Lipinski definition) is 0. The number of benzene rings is 2. The molecule has 0 unspecified atom stereocenters. The van der Waals surface area contributed by atoms with Crippen LogP contribution in [0.5, 0.6) is 5.75 Å². The lowest BCUT2D eigenvalue weighted by Gasteiger charge is -2.08. The molecule has 0 aliphatic rings. The fourth-order valence-electron chi connectivity index (χ4n) is 1.85. The summed E-state index contributed by atoms with van der Waals surface area (Å²) in [5, 5.41) is 11.1. The number of nitro benzene ring substituents is 1. The van der Waals surface area contributed by atoms with E-state index in [1.807, 2.05) is 0 Å². The Hall–Kier alpha value is -2.92. The third kappa shape index (κ3) is 4.28. The number of nitro groups is 1. The Morgan fingerprint density at radius 2 is 1.91 bits per heavy atom. The monoisotopic (exact) mass is 329 g/mol. The van der Waals surface area contributed by atoms with Crippen molar-refractivity contribution in [3.8, 4) is 5.75 Å². The second-order valence-electron chi connectivity index (χ2n) is 4.47. The zero-order valence-electron chi connectivity index (χ0n) is 11.9. The van der Waals surface area contributed by atoms with Crippen molar-refractivity contribution in [3.05, 3.63) is 88.0 Å². The van der Waals surface area contributed by atoms with Crippen molar-refractivity contribution in [3.63, 3.8) is 0 Å². The summed E-state index contributed by atoms with van der Waals surface area (Å²) < 4.78 is 5.24. The Balaban J connectivity index is 2.24. The highest BCUT2D eigenvalue weighted by Gasteiger charge is 2.15. The molecular weight excluding hydrogens is 318 g/mol. The number of carbonyl (C=O) groups is 1. The molecule has 0 heterocycles. The first kappa shape index (κ1) is 16.5. The predicted octanol–water partition coefficient (Wildman–Crippen LogP) is 4.42. The number of esters is 1. The number of non-ortho nitro benzene ring substituents is 1. The maximum Gasteiger partial charge on any atom is 0.344 e. The first-order valence-corrected chi connectivity index (χ1v) is 6.94. The molecule has 0 saturated carbocycles. The molecule has 6 heteroatoms. The zero-order valence-corrected chi connectivity index (χ0v) is 12.7. The van der Waals surface area contributed by atoms with E-state index < -0.39 is 10.9 Å². The minimum absolute atomic E-state index is 0.0819. The summed E-state index contributed by atoms with van der Waals surface area (Å²) in [6.45, 7) is 3.58. The lowest BCUT2D eigenvalue weighted by molar-refractivity contribution is -0.384. The van der Waals surface area contributed by atoms with Gasteiger partial charge in [-0.3, -0.25) is 10.1 Å². The average Bonchev–Trinajstić information content (AvgIpc) is 2.53. The lowest BCUT2D eigenvalue weighted by atomic mass is 10.1. The molecule has 0 radical (unpaired) electrons. The van der Waals surface area contributed by atoms with Gasteiger partial charge in [-0.15, -0.1) is 0 Å². The minimum Gasteiger partial charge on any atom is -0.423 e. The van der Waals surface area contributed by atoms with E-state index in [0.29, 0.717) is 10.6 Å². The molecule has 0 spiro atoms. The van der Waals surface area contributed by atoms with Crippen molar-refractivity contribution in [2.45, 2.75) is 0 Å². The molecule has 5 nitrogen and oxygen atoms in total. The van der Waals surface area contributed by atoms with Gasteiger partial charge in [0.15, 0.2) is 0 Å². The van der Waals surface area contributed by atoms with Crippen molar-refractivity contribution in [1.29, 1.82) is 0 Å². The van der Waals surface area contributed by atoms with Crippen molar-refractivity contribution < 1.29 is 14.5 Å². The van der Waals surface area contributed by atoms with Crippen molar-refractivity contribution in [2.75, 3.05) is 0 Å². The Kier molecular flexibility index (Phi) is 5.28. The molecule has 0 atom stereocenters. The molecule has 0 amide bonds. The molecule has 116 valence electrons. The van der Waals surface area contributed by atoms with Gasteiger partial charge >= 0.3 is 5.97 Å². The highest BCUT2D eigenvalue weighted by atomic mass is 35.5. The molecule has 23 heavy (non-hydrogen) atoms. The van der Waals surface area contributed by atoms with Crippen LogP contribution < -0.4 is 4.74 Å². The molecule has 0 aliphatic carbocycles. The molecule has 2 aromatic rings. The van der Waals surface area contributed by atoms with Gasteiger partial charge < -0.3 is 4.74 Å². The molecule has 2 rings (SSSR count). The molecular formula is C17H12ClNO4. The van der Waals surface area contributed by atoms with Crippen molar-refractivity contribution >= 4 is 28.8 Å². The predicted molar refractivity (Wildman–Crippen MR) is 88.4 cm³/mol. The Morgan fingerprint density at radius 3 is 2.48 bits per heavy atom. The van der Waals surface area contributed by atoms with Crippen LogP contribution in [-0.4, -0.2) is 10.9 Å². The van der Waals surface area contributed by atoms with Crippen LogP contribution in [0.4, 0.5) is 5.69 Å². The summed E-state index contributed by atoms with van der Waals surface area (Å²) in [6.07, 6.45) is 2.98. The number of rotatable bonds is 5. The number of allylic oxidation sites excluding steroid dienone is 2. The maximum atomic E-state index is 12.3. The fourth-order valence-corrected chi connectivity index (χ4v) is 2.04. The summed E-state index contributed by atoms with van der Waals surface area (Å²) in [5.74, 6) is -0.404. The number of carbonyl (C=O) groups excluding carboxylic acids is 1. The molecule has 2 aromatic carbocycles. The lowest BCUT2D eigenvalue weighted by Crippen LogP contribution is -2.10. The second-order valence-corrected chi connectivity index (χ2v) is 4.90. The number of halogens is 1. The zero-order chi connectivity index (χ0) is 16.8. The Morgan fingerprint density at radius 1 is 1.22 bits per heavy atom. The normalized spacial score (nSPS) is 10.9. The van der Waals surface area contributed by atoms with Gasteiger partial charge in [0.05, 0.1) is 10.5 Å². The molecule has 0 aliphatic heterocycles. The number of nitrogens with zero attached hydrogens (tertiary/aromatic N) is 1. The summed E-state index contributed by atoms with van der Waals surface area (Å²) in [4.78, 5) is 22.4. The van der Waals surface area contributed by atoms with Gasteiger partial charge in [-0.1, -0.05) is 36.4 Å². The average molecular weight is 330 g/mol. The smallest absolute Gasteiger partial charge is 0.344 e. The molecule has 0 N–H and O–H groups in total.